The normalized spacial score (nSPS) is 27.8. The van der Waals surface area contributed by atoms with E-state index in [1.54, 1.807) is 0 Å². The van der Waals surface area contributed by atoms with Gasteiger partial charge in [0.15, 0.2) is 15.7 Å². The molecule has 2 fully saturated rings. The van der Waals surface area contributed by atoms with Crippen LogP contribution in [0.4, 0.5) is 0 Å². The van der Waals surface area contributed by atoms with Crippen LogP contribution < -0.4 is 5.32 Å². The average Bonchev–Trinajstić information content (AvgIpc) is 3.08. The van der Waals surface area contributed by atoms with Gasteiger partial charge < -0.3 is 9.84 Å². The molecule has 0 aromatic carbocycles. The molecule has 1 aromatic rings. The second-order valence-electron chi connectivity index (χ2n) is 5.80. The number of aromatic nitrogens is 2. The maximum atomic E-state index is 11.6. The number of hydrogen-bond acceptors (Lipinski definition) is 7. The Morgan fingerprint density at radius 3 is 2.81 bits per heavy atom. The van der Waals surface area contributed by atoms with Gasteiger partial charge in [-0.2, -0.15) is 4.98 Å². The van der Waals surface area contributed by atoms with Gasteiger partial charge in [0, 0.05) is 26.2 Å². The fraction of sp³-hybridized carbons (Fsp3) is 0.846. The average molecular weight is 314 g/mol. The molecule has 21 heavy (non-hydrogen) atoms. The lowest BCUT2D eigenvalue weighted by Crippen LogP contribution is -2.45. The minimum Gasteiger partial charge on any atom is -0.339 e. The summed E-state index contributed by atoms with van der Waals surface area (Å²) in [5.41, 5.74) is 0. The summed E-state index contributed by atoms with van der Waals surface area (Å²) in [6, 6.07) is 0.155. The molecule has 2 aliphatic heterocycles. The number of nitrogens with one attached hydrogen (secondary N) is 1. The summed E-state index contributed by atoms with van der Waals surface area (Å²) in [5, 5.41) is 7.44. The summed E-state index contributed by atoms with van der Waals surface area (Å²) in [7, 11) is -2.93. The van der Waals surface area contributed by atoms with Gasteiger partial charge in [0.2, 0.25) is 5.89 Å². The first kappa shape index (κ1) is 14.9. The second-order valence-corrected chi connectivity index (χ2v) is 8.03. The molecule has 3 heterocycles. The van der Waals surface area contributed by atoms with Crippen molar-refractivity contribution >= 4 is 9.84 Å². The van der Waals surface area contributed by atoms with E-state index in [1.165, 1.54) is 0 Å². The molecule has 0 aliphatic carbocycles. The molecule has 3 rings (SSSR count). The summed E-state index contributed by atoms with van der Waals surface area (Å²) in [6.45, 7) is 6.01. The molecule has 1 N–H and O–H groups in total. The molecule has 0 saturated carbocycles. The molecule has 2 atom stereocenters. The first-order valence-corrected chi connectivity index (χ1v) is 9.40. The van der Waals surface area contributed by atoms with E-state index in [4.69, 9.17) is 4.52 Å². The molecule has 8 heteroatoms. The number of piperazine rings is 1. The van der Waals surface area contributed by atoms with Gasteiger partial charge in [0.05, 0.1) is 23.5 Å². The predicted molar refractivity (Wildman–Crippen MR) is 77.8 cm³/mol. The van der Waals surface area contributed by atoms with Gasteiger partial charge >= 0.3 is 0 Å². The molecule has 0 spiro atoms. The van der Waals surface area contributed by atoms with Crippen LogP contribution in [0.15, 0.2) is 4.52 Å². The van der Waals surface area contributed by atoms with E-state index in [0.29, 0.717) is 18.1 Å². The first-order valence-electron chi connectivity index (χ1n) is 7.58. The number of nitrogens with zero attached hydrogens (tertiary/aromatic N) is 3. The third-order valence-electron chi connectivity index (χ3n) is 4.32. The van der Waals surface area contributed by atoms with Gasteiger partial charge in [0.25, 0.3) is 0 Å². The first-order chi connectivity index (χ1) is 10.1. The second kappa shape index (κ2) is 6.02. The highest BCUT2D eigenvalue weighted by Crippen LogP contribution is 2.29. The zero-order valence-electron chi connectivity index (χ0n) is 12.3. The van der Waals surface area contributed by atoms with E-state index in [9.17, 15) is 8.42 Å². The zero-order valence-corrected chi connectivity index (χ0v) is 13.1. The Bertz CT molecular complexity index is 580. The van der Waals surface area contributed by atoms with Crippen LogP contribution in [0.1, 0.15) is 43.4 Å². The maximum absolute atomic E-state index is 11.6. The lowest BCUT2D eigenvalue weighted by molar-refractivity contribution is 0.160. The quantitative estimate of drug-likeness (QED) is 0.856. The molecule has 2 aliphatic rings. The van der Waals surface area contributed by atoms with Crippen LogP contribution in [0.3, 0.4) is 0 Å². The van der Waals surface area contributed by atoms with Crippen molar-refractivity contribution in [2.75, 3.05) is 37.7 Å². The van der Waals surface area contributed by atoms with Crippen molar-refractivity contribution in [3.8, 4) is 0 Å². The van der Waals surface area contributed by atoms with Gasteiger partial charge in [-0.1, -0.05) is 12.1 Å². The van der Waals surface area contributed by atoms with Gasteiger partial charge in [0.1, 0.15) is 0 Å². The molecule has 0 amide bonds. The van der Waals surface area contributed by atoms with Crippen LogP contribution in [-0.4, -0.2) is 61.1 Å². The molecular formula is C13H22N4O3S. The van der Waals surface area contributed by atoms with Crippen molar-refractivity contribution in [3.05, 3.63) is 11.7 Å². The van der Waals surface area contributed by atoms with Crippen molar-refractivity contribution in [1.29, 1.82) is 0 Å². The van der Waals surface area contributed by atoms with Crippen LogP contribution in [0.5, 0.6) is 0 Å². The Morgan fingerprint density at radius 2 is 2.19 bits per heavy atom. The lowest BCUT2D eigenvalue weighted by Gasteiger charge is -2.32. The summed E-state index contributed by atoms with van der Waals surface area (Å²) < 4.78 is 28.5. The standard InChI is InChI=1S/C13H22N4O3S/c1-2-11(17-6-4-14-5-7-17)12-15-13(20-16-12)10-3-8-21(18,19)9-10/h10-11,14H,2-9H2,1H3. The Labute approximate surface area is 125 Å². The Hall–Kier alpha value is -0.990. The van der Waals surface area contributed by atoms with Gasteiger partial charge in [-0.05, 0) is 12.8 Å². The zero-order chi connectivity index (χ0) is 14.9. The van der Waals surface area contributed by atoms with E-state index in [1.807, 2.05) is 0 Å². The maximum Gasteiger partial charge on any atom is 0.230 e. The minimum atomic E-state index is -2.93. The number of hydrogen-bond donors (Lipinski definition) is 1. The van der Waals surface area contributed by atoms with Gasteiger partial charge in [-0.25, -0.2) is 8.42 Å². The van der Waals surface area contributed by atoms with Crippen LogP contribution in [0.2, 0.25) is 0 Å². The number of rotatable bonds is 4. The molecule has 2 saturated heterocycles. The monoisotopic (exact) mass is 314 g/mol. The fourth-order valence-corrected chi connectivity index (χ4v) is 4.87. The molecule has 1 aromatic heterocycles. The lowest BCUT2D eigenvalue weighted by atomic mass is 10.1. The molecule has 0 radical (unpaired) electrons. The van der Waals surface area contributed by atoms with E-state index in [-0.39, 0.29) is 23.5 Å². The highest BCUT2D eigenvalue weighted by atomic mass is 32.2. The summed E-state index contributed by atoms with van der Waals surface area (Å²) in [4.78, 5) is 6.86. The Morgan fingerprint density at radius 1 is 1.43 bits per heavy atom. The highest BCUT2D eigenvalue weighted by molar-refractivity contribution is 7.91. The van der Waals surface area contributed by atoms with E-state index in [0.717, 1.165) is 32.6 Å². The topological polar surface area (TPSA) is 88.3 Å². The molecule has 0 bridgehead atoms. The smallest absolute Gasteiger partial charge is 0.230 e. The molecule has 2 unspecified atom stereocenters. The minimum absolute atomic E-state index is 0.128. The van der Waals surface area contributed by atoms with Crippen LogP contribution in [0, 0.1) is 0 Å². The van der Waals surface area contributed by atoms with Crippen molar-refractivity contribution in [2.45, 2.75) is 31.7 Å². The molecule has 118 valence electrons. The fourth-order valence-electron chi connectivity index (χ4n) is 3.14. The van der Waals surface area contributed by atoms with Crippen LogP contribution in [-0.2, 0) is 9.84 Å². The summed E-state index contributed by atoms with van der Waals surface area (Å²) >= 11 is 0. The van der Waals surface area contributed by atoms with Crippen molar-refractivity contribution in [2.24, 2.45) is 0 Å². The van der Waals surface area contributed by atoms with Crippen LogP contribution in [0.25, 0.3) is 0 Å². The SMILES string of the molecule is CCC(c1noc(C2CCS(=O)(=O)C2)n1)N1CCNCC1. The Kier molecular flexibility index (Phi) is 4.28. The van der Waals surface area contributed by atoms with Crippen molar-refractivity contribution in [3.63, 3.8) is 0 Å². The Balaban J connectivity index is 1.74. The summed E-state index contributed by atoms with van der Waals surface area (Å²) in [5.74, 6) is 1.42. The predicted octanol–water partition coefficient (Wildman–Crippen LogP) is 0.328. The van der Waals surface area contributed by atoms with E-state index in [2.05, 4.69) is 27.3 Å². The molecule has 7 nitrogen and oxygen atoms in total. The van der Waals surface area contributed by atoms with Crippen molar-refractivity contribution in [1.82, 2.24) is 20.4 Å². The molecular weight excluding hydrogens is 292 g/mol. The largest absolute Gasteiger partial charge is 0.339 e. The van der Waals surface area contributed by atoms with E-state index < -0.39 is 9.84 Å². The van der Waals surface area contributed by atoms with Gasteiger partial charge in [-0.15, -0.1) is 0 Å². The van der Waals surface area contributed by atoms with Crippen molar-refractivity contribution < 1.29 is 12.9 Å². The third-order valence-corrected chi connectivity index (χ3v) is 6.08. The van der Waals surface area contributed by atoms with Gasteiger partial charge in [-0.3, -0.25) is 4.90 Å². The van der Waals surface area contributed by atoms with E-state index >= 15 is 0 Å². The number of sulfone groups is 1. The van der Waals surface area contributed by atoms with Crippen LogP contribution >= 0.6 is 0 Å². The highest BCUT2D eigenvalue weighted by Gasteiger charge is 2.34. The summed E-state index contributed by atoms with van der Waals surface area (Å²) in [6.07, 6.45) is 1.51. The third kappa shape index (κ3) is 3.27.